The quantitative estimate of drug-likeness (QED) is 0.710. The molecule has 7 nitrogen and oxygen atoms in total. The molecule has 2 aromatic rings. The highest BCUT2D eigenvalue weighted by atomic mass is 35.5. The summed E-state index contributed by atoms with van der Waals surface area (Å²) in [5.41, 5.74) is 0.435. The minimum atomic E-state index is -0.679. The van der Waals surface area contributed by atoms with Gasteiger partial charge in [0.15, 0.2) is 13.2 Å². The van der Waals surface area contributed by atoms with E-state index in [1.54, 1.807) is 42.5 Å². The summed E-state index contributed by atoms with van der Waals surface area (Å²) in [5, 5.41) is 3.08. The Bertz CT molecular complexity index is 780. The Balaban J connectivity index is 1.80. The van der Waals surface area contributed by atoms with Crippen LogP contribution >= 0.6 is 11.6 Å². The normalized spacial score (nSPS) is 9.96. The molecule has 1 amide bonds. The van der Waals surface area contributed by atoms with Gasteiger partial charge in [0.05, 0.1) is 19.9 Å². The van der Waals surface area contributed by atoms with E-state index in [0.29, 0.717) is 28.0 Å². The molecule has 1 N–H and O–H groups in total. The van der Waals surface area contributed by atoms with Crippen molar-refractivity contribution in [3.8, 4) is 17.2 Å². The van der Waals surface area contributed by atoms with Crippen LogP contribution in [0.25, 0.3) is 0 Å². The topological polar surface area (TPSA) is 83.1 Å². The highest BCUT2D eigenvalue weighted by Gasteiger charge is 2.12. The van der Waals surface area contributed by atoms with Crippen LogP contribution in [0.4, 0.5) is 5.69 Å². The van der Waals surface area contributed by atoms with E-state index in [0.717, 1.165) is 0 Å². The average Bonchev–Trinajstić information content (AvgIpc) is 2.65. The molecule has 8 heteroatoms. The maximum atomic E-state index is 11.9. The van der Waals surface area contributed by atoms with Crippen LogP contribution in [0.15, 0.2) is 42.5 Å². The molecule has 2 aromatic carbocycles. The summed E-state index contributed by atoms with van der Waals surface area (Å²) in [6, 6.07) is 11.5. The average molecular weight is 380 g/mol. The summed E-state index contributed by atoms with van der Waals surface area (Å²) < 4.78 is 20.4. The van der Waals surface area contributed by atoms with Gasteiger partial charge in [0.1, 0.15) is 17.2 Å². The molecule has 2 rings (SSSR count). The van der Waals surface area contributed by atoms with Crippen LogP contribution in [0.3, 0.4) is 0 Å². The Morgan fingerprint density at radius 2 is 1.81 bits per heavy atom. The number of benzene rings is 2. The number of amides is 1. The molecule has 0 aliphatic heterocycles. The van der Waals surface area contributed by atoms with Gasteiger partial charge in [-0.15, -0.1) is 0 Å². The summed E-state index contributed by atoms with van der Waals surface area (Å²) in [7, 11) is 3.00. The molecular weight excluding hydrogens is 362 g/mol. The summed E-state index contributed by atoms with van der Waals surface area (Å²) >= 11 is 5.82. The highest BCUT2D eigenvalue weighted by molar-refractivity contribution is 6.30. The third kappa shape index (κ3) is 5.86. The Labute approximate surface area is 155 Å². The van der Waals surface area contributed by atoms with Gasteiger partial charge in [0.25, 0.3) is 5.91 Å². The molecule has 0 aliphatic carbocycles. The Morgan fingerprint density at radius 1 is 1.00 bits per heavy atom. The number of carbonyl (C=O) groups excluding carboxylic acids is 2. The van der Waals surface area contributed by atoms with Gasteiger partial charge in [0, 0.05) is 11.1 Å². The standard InChI is InChI=1S/C18H18ClNO6/c1-23-13-6-7-15(16(9-13)24-2)20-17(21)10-26-18(22)11-25-14-5-3-4-12(19)8-14/h3-9H,10-11H2,1-2H3,(H,20,21). The molecule has 0 saturated carbocycles. The maximum Gasteiger partial charge on any atom is 0.344 e. The fourth-order valence-electron chi connectivity index (χ4n) is 1.97. The monoisotopic (exact) mass is 379 g/mol. The van der Waals surface area contributed by atoms with E-state index in [2.05, 4.69) is 5.32 Å². The van der Waals surface area contributed by atoms with Gasteiger partial charge in [-0.3, -0.25) is 4.79 Å². The van der Waals surface area contributed by atoms with Crippen molar-refractivity contribution in [1.82, 2.24) is 0 Å². The highest BCUT2D eigenvalue weighted by Crippen LogP contribution is 2.28. The van der Waals surface area contributed by atoms with Crippen molar-refractivity contribution >= 4 is 29.2 Å². The summed E-state index contributed by atoms with van der Waals surface area (Å²) in [4.78, 5) is 23.6. The van der Waals surface area contributed by atoms with E-state index >= 15 is 0 Å². The number of nitrogens with one attached hydrogen (secondary N) is 1. The predicted molar refractivity (Wildman–Crippen MR) is 96.1 cm³/mol. The minimum absolute atomic E-state index is 0.334. The Hall–Kier alpha value is -2.93. The van der Waals surface area contributed by atoms with E-state index in [1.807, 2.05) is 0 Å². The molecule has 26 heavy (non-hydrogen) atoms. The first kappa shape index (κ1) is 19.4. The lowest BCUT2D eigenvalue weighted by Crippen LogP contribution is -2.23. The Morgan fingerprint density at radius 3 is 2.50 bits per heavy atom. The molecule has 0 heterocycles. The lowest BCUT2D eigenvalue weighted by Gasteiger charge is -2.12. The largest absolute Gasteiger partial charge is 0.497 e. The molecule has 0 aromatic heterocycles. The molecule has 0 unspecified atom stereocenters. The van der Waals surface area contributed by atoms with Gasteiger partial charge >= 0.3 is 5.97 Å². The minimum Gasteiger partial charge on any atom is -0.497 e. The molecule has 0 atom stereocenters. The third-order valence-electron chi connectivity index (χ3n) is 3.20. The van der Waals surface area contributed by atoms with Crippen LogP contribution in [-0.2, 0) is 14.3 Å². The number of esters is 1. The van der Waals surface area contributed by atoms with Gasteiger partial charge in [-0.05, 0) is 30.3 Å². The van der Waals surface area contributed by atoms with Crippen LogP contribution in [0, 0.1) is 0 Å². The van der Waals surface area contributed by atoms with Gasteiger partial charge < -0.3 is 24.3 Å². The van der Waals surface area contributed by atoms with E-state index in [4.69, 9.17) is 30.5 Å². The number of anilines is 1. The van der Waals surface area contributed by atoms with Crippen molar-refractivity contribution in [2.45, 2.75) is 0 Å². The van der Waals surface area contributed by atoms with Crippen LogP contribution in [-0.4, -0.2) is 39.3 Å². The van der Waals surface area contributed by atoms with Crippen molar-refractivity contribution in [1.29, 1.82) is 0 Å². The van der Waals surface area contributed by atoms with Crippen LogP contribution < -0.4 is 19.5 Å². The van der Waals surface area contributed by atoms with Crippen molar-refractivity contribution in [3.63, 3.8) is 0 Å². The van der Waals surface area contributed by atoms with E-state index < -0.39 is 18.5 Å². The van der Waals surface area contributed by atoms with Crippen molar-refractivity contribution in [2.24, 2.45) is 0 Å². The number of methoxy groups -OCH3 is 2. The second-order valence-corrected chi connectivity index (χ2v) is 5.46. The third-order valence-corrected chi connectivity index (χ3v) is 3.43. The molecule has 0 bridgehead atoms. The van der Waals surface area contributed by atoms with Gasteiger partial charge in [-0.2, -0.15) is 0 Å². The first-order valence-corrected chi connectivity index (χ1v) is 7.95. The molecule has 0 aliphatic rings. The second kappa shape index (κ2) is 9.53. The zero-order valence-electron chi connectivity index (χ0n) is 14.3. The first-order chi connectivity index (χ1) is 12.5. The lowest BCUT2D eigenvalue weighted by atomic mass is 10.2. The zero-order chi connectivity index (χ0) is 18.9. The predicted octanol–water partition coefficient (Wildman–Crippen LogP) is 2.92. The first-order valence-electron chi connectivity index (χ1n) is 7.57. The van der Waals surface area contributed by atoms with Crippen LogP contribution in [0.1, 0.15) is 0 Å². The van der Waals surface area contributed by atoms with Crippen molar-refractivity contribution < 1.29 is 28.5 Å². The SMILES string of the molecule is COc1ccc(NC(=O)COC(=O)COc2cccc(Cl)c2)c(OC)c1. The Kier molecular flexibility index (Phi) is 7.11. The molecule has 0 fully saturated rings. The van der Waals surface area contributed by atoms with E-state index in [1.165, 1.54) is 14.2 Å². The molecule has 0 spiro atoms. The van der Waals surface area contributed by atoms with Gasteiger partial charge in [-0.25, -0.2) is 4.79 Å². The number of halogens is 1. The van der Waals surface area contributed by atoms with Crippen LogP contribution in [0.5, 0.6) is 17.2 Å². The van der Waals surface area contributed by atoms with E-state index in [9.17, 15) is 9.59 Å². The fourth-order valence-corrected chi connectivity index (χ4v) is 2.16. The summed E-state index contributed by atoms with van der Waals surface area (Å²) in [6.45, 7) is -0.785. The van der Waals surface area contributed by atoms with Crippen molar-refractivity contribution in [3.05, 3.63) is 47.5 Å². The summed E-state index contributed by atoms with van der Waals surface area (Å²) in [5.74, 6) is 0.256. The van der Waals surface area contributed by atoms with Gasteiger partial charge in [-0.1, -0.05) is 17.7 Å². The fraction of sp³-hybridized carbons (Fsp3) is 0.222. The van der Waals surface area contributed by atoms with Crippen molar-refractivity contribution in [2.75, 3.05) is 32.8 Å². The van der Waals surface area contributed by atoms with E-state index in [-0.39, 0.29) is 6.61 Å². The summed E-state index contributed by atoms with van der Waals surface area (Å²) in [6.07, 6.45) is 0. The smallest absolute Gasteiger partial charge is 0.344 e. The number of rotatable bonds is 8. The number of hydrogen-bond acceptors (Lipinski definition) is 6. The number of hydrogen-bond donors (Lipinski definition) is 1. The maximum absolute atomic E-state index is 11.9. The number of ether oxygens (including phenoxy) is 4. The van der Waals surface area contributed by atoms with Crippen LogP contribution in [0.2, 0.25) is 5.02 Å². The molecule has 0 radical (unpaired) electrons. The zero-order valence-corrected chi connectivity index (χ0v) is 15.0. The van der Waals surface area contributed by atoms with Gasteiger partial charge in [0.2, 0.25) is 0 Å². The second-order valence-electron chi connectivity index (χ2n) is 5.02. The molecule has 138 valence electrons. The lowest BCUT2D eigenvalue weighted by molar-refractivity contribution is -0.149. The number of carbonyl (C=O) groups is 2. The molecular formula is C18H18ClNO6. The molecule has 0 saturated heterocycles.